The highest BCUT2D eigenvalue weighted by Gasteiger charge is 2.11. The summed E-state index contributed by atoms with van der Waals surface area (Å²) in [5.41, 5.74) is 4.97. The molecule has 0 bridgehead atoms. The molecule has 0 spiro atoms. The van der Waals surface area contributed by atoms with E-state index in [1.54, 1.807) is 12.1 Å². The Bertz CT molecular complexity index is 666. The molecule has 0 atom stereocenters. The number of rotatable bonds is 7. The highest BCUT2D eigenvalue weighted by atomic mass is 16.5. The smallest absolute Gasteiger partial charge is 0.275 e. The number of hydrazone groups is 1. The number of benzene rings is 2. The minimum Gasteiger partial charge on any atom is -0.493 e. The predicted octanol–water partition coefficient (Wildman–Crippen LogP) is 4.02. The quantitative estimate of drug-likeness (QED) is 0.620. The Kier molecular flexibility index (Phi) is 6.36. The zero-order valence-corrected chi connectivity index (χ0v) is 13.6. The number of hydrogen-bond acceptors (Lipinski definition) is 3. The zero-order chi connectivity index (χ0) is 16.5. The molecular formula is C19H22N2O2. The molecule has 2 aromatic rings. The topological polar surface area (TPSA) is 50.7 Å². The van der Waals surface area contributed by atoms with Gasteiger partial charge in [-0.05, 0) is 30.5 Å². The first-order chi connectivity index (χ1) is 11.3. The molecule has 0 fully saturated rings. The number of amides is 1. The first kappa shape index (κ1) is 16.7. The van der Waals surface area contributed by atoms with E-state index in [1.165, 1.54) is 0 Å². The fourth-order valence-corrected chi connectivity index (χ4v) is 2.15. The molecule has 2 rings (SSSR count). The third-order valence-corrected chi connectivity index (χ3v) is 3.33. The van der Waals surface area contributed by atoms with Crippen LogP contribution in [0, 0.1) is 0 Å². The van der Waals surface area contributed by atoms with Crippen molar-refractivity contribution in [3.05, 3.63) is 65.7 Å². The number of nitrogens with one attached hydrogen (secondary N) is 1. The molecule has 0 aliphatic heterocycles. The summed E-state index contributed by atoms with van der Waals surface area (Å²) < 4.78 is 5.62. The Morgan fingerprint density at radius 3 is 2.43 bits per heavy atom. The van der Waals surface area contributed by atoms with E-state index in [-0.39, 0.29) is 5.91 Å². The van der Waals surface area contributed by atoms with Gasteiger partial charge < -0.3 is 4.74 Å². The summed E-state index contributed by atoms with van der Waals surface area (Å²) in [6.07, 6.45) is 1.63. The number of para-hydroxylation sites is 1. The average molecular weight is 310 g/mol. The largest absolute Gasteiger partial charge is 0.493 e. The van der Waals surface area contributed by atoms with Crippen molar-refractivity contribution in [2.45, 2.75) is 26.7 Å². The van der Waals surface area contributed by atoms with Crippen molar-refractivity contribution in [3.8, 4) is 5.75 Å². The van der Waals surface area contributed by atoms with Crippen LogP contribution in [0.2, 0.25) is 0 Å². The molecule has 2 aromatic carbocycles. The van der Waals surface area contributed by atoms with E-state index in [4.69, 9.17) is 4.74 Å². The van der Waals surface area contributed by atoms with Crippen LogP contribution in [-0.2, 0) is 0 Å². The molecule has 4 nitrogen and oxygen atoms in total. The van der Waals surface area contributed by atoms with Crippen molar-refractivity contribution < 1.29 is 9.53 Å². The summed E-state index contributed by atoms with van der Waals surface area (Å²) in [6.45, 7) is 4.62. The molecule has 1 amide bonds. The standard InChI is InChI=1S/C19H22N2O2/c1-3-14-23-18-13-9-8-12-16(18)19(22)21-20-17(4-2)15-10-6-5-7-11-15/h5-13H,3-4,14H2,1-2H3,(H,21,22). The van der Waals surface area contributed by atoms with E-state index in [9.17, 15) is 4.79 Å². The number of ether oxygens (including phenoxy) is 1. The van der Waals surface area contributed by atoms with Gasteiger partial charge in [0.05, 0.1) is 17.9 Å². The van der Waals surface area contributed by atoms with Gasteiger partial charge in [-0.3, -0.25) is 4.79 Å². The summed E-state index contributed by atoms with van der Waals surface area (Å²) >= 11 is 0. The normalized spacial score (nSPS) is 11.1. The SMILES string of the molecule is CCCOc1ccccc1C(=O)NN=C(CC)c1ccccc1. The van der Waals surface area contributed by atoms with Crippen LogP contribution in [0.4, 0.5) is 0 Å². The van der Waals surface area contributed by atoms with Crippen molar-refractivity contribution in [1.82, 2.24) is 5.43 Å². The molecular weight excluding hydrogens is 288 g/mol. The van der Waals surface area contributed by atoms with Crippen LogP contribution in [0.15, 0.2) is 59.7 Å². The van der Waals surface area contributed by atoms with Gasteiger partial charge in [-0.25, -0.2) is 5.43 Å². The summed E-state index contributed by atoms with van der Waals surface area (Å²) in [6, 6.07) is 17.0. The van der Waals surface area contributed by atoms with Gasteiger partial charge in [0.2, 0.25) is 0 Å². The molecule has 0 saturated carbocycles. The van der Waals surface area contributed by atoms with E-state index in [2.05, 4.69) is 10.5 Å². The fraction of sp³-hybridized carbons (Fsp3) is 0.263. The number of carbonyl (C=O) groups is 1. The van der Waals surface area contributed by atoms with Gasteiger partial charge in [0.25, 0.3) is 5.91 Å². The second-order valence-corrected chi connectivity index (χ2v) is 5.06. The summed E-state index contributed by atoms with van der Waals surface area (Å²) in [5, 5.41) is 4.27. The van der Waals surface area contributed by atoms with Crippen LogP contribution in [0.3, 0.4) is 0 Å². The van der Waals surface area contributed by atoms with Gasteiger partial charge in [0.15, 0.2) is 0 Å². The highest BCUT2D eigenvalue weighted by Crippen LogP contribution is 2.18. The van der Waals surface area contributed by atoms with Gasteiger partial charge in [-0.1, -0.05) is 56.3 Å². The van der Waals surface area contributed by atoms with Crippen molar-refractivity contribution in [3.63, 3.8) is 0 Å². The highest BCUT2D eigenvalue weighted by molar-refractivity contribution is 6.02. The van der Waals surface area contributed by atoms with Gasteiger partial charge >= 0.3 is 0 Å². The van der Waals surface area contributed by atoms with E-state index in [1.807, 2.05) is 56.3 Å². The van der Waals surface area contributed by atoms with E-state index in [0.717, 1.165) is 24.1 Å². The summed E-state index contributed by atoms with van der Waals surface area (Å²) in [5.74, 6) is 0.318. The molecule has 23 heavy (non-hydrogen) atoms. The lowest BCUT2D eigenvalue weighted by atomic mass is 10.1. The molecule has 4 heteroatoms. The van der Waals surface area contributed by atoms with Crippen LogP contribution in [-0.4, -0.2) is 18.2 Å². The summed E-state index contributed by atoms with van der Waals surface area (Å²) in [7, 11) is 0. The molecule has 0 heterocycles. The van der Waals surface area contributed by atoms with Crippen molar-refractivity contribution in [2.75, 3.05) is 6.61 Å². The van der Waals surface area contributed by atoms with Crippen molar-refractivity contribution in [1.29, 1.82) is 0 Å². The lowest BCUT2D eigenvalue weighted by Gasteiger charge is -2.10. The second kappa shape index (κ2) is 8.73. The molecule has 0 radical (unpaired) electrons. The molecule has 0 aromatic heterocycles. The van der Waals surface area contributed by atoms with Crippen LogP contribution in [0.1, 0.15) is 42.6 Å². The Labute approximate surface area is 137 Å². The van der Waals surface area contributed by atoms with Crippen LogP contribution < -0.4 is 10.2 Å². The number of nitrogens with zero attached hydrogens (tertiary/aromatic N) is 1. The molecule has 0 unspecified atom stereocenters. The Morgan fingerprint density at radius 1 is 1.04 bits per heavy atom. The van der Waals surface area contributed by atoms with E-state index in [0.29, 0.717) is 17.9 Å². The maximum atomic E-state index is 12.4. The first-order valence-electron chi connectivity index (χ1n) is 7.90. The predicted molar refractivity (Wildman–Crippen MR) is 93.0 cm³/mol. The molecule has 1 N–H and O–H groups in total. The minimum atomic E-state index is -0.265. The number of hydrogen-bond donors (Lipinski definition) is 1. The Hall–Kier alpha value is -2.62. The Morgan fingerprint density at radius 2 is 1.74 bits per heavy atom. The average Bonchev–Trinajstić information content (AvgIpc) is 2.61. The van der Waals surface area contributed by atoms with Crippen LogP contribution in [0.5, 0.6) is 5.75 Å². The first-order valence-corrected chi connectivity index (χ1v) is 7.90. The maximum absolute atomic E-state index is 12.4. The lowest BCUT2D eigenvalue weighted by molar-refractivity contribution is 0.0950. The van der Waals surface area contributed by atoms with E-state index >= 15 is 0 Å². The number of carbonyl (C=O) groups excluding carboxylic acids is 1. The van der Waals surface area contributed by atoms with Gasteiger partial charge in [-0.2, -0.15) is 5.10 Å². The molecule has 0 aliphatic rings. The fourth-order valence-electron chi connectivity index (χ4n) is 2.15. The molecule has 0 aliphatic carbocycles. The second-order valence-electron chi connectivity index (χ2n) is 5.06. The van der Waals surface area contributed by atoms with Crippen molar-refractivity contribution >= 4 is 11.6 Å². The third-order valence-electron chi connectivity index (χ3n) is 3.33. The zero-order valence-electron chi connectivity index (χ0n) is 13.6. The maximum Gasteiger partial charge on any atom is 0.275 e. The van der Waals surface area contributed by atoms with E-state index < -0.39 is 0 Å². The lowest BCUT2D eigenvalue weighted by Crippen LogP contribution is -2.21. The minimum absolute atomic E-state index is 0.265. The van der Waals surface area contributed by atoms with Crippen LogP contribution >= 0.6 is 0 Å². The monoisotopic (exact) mass is 310 g/mol. The molecule has 0 saturated heterocycles. The van der Waals surface area contributed by atoms with Crippen molar-refractivity contribution in [2.24, 2.45) is 5.10 Å². The summed E-state index contributed by atoms with van der Waals surface area (Å²) in [4.78, 5) is 12.4. The van der Waals surface area contributed by atoms with Gasteiger partial charge in [0.1, 0.15) is 5.75 Å². The van der Waals surface area contributed by atoms with Crippen LogP contribution in [0.25, 0.3) is 0 Å². The van der Waals surface area contributed by atoms with Gasteiger partial charge in [0, 0.05) is 0 Å². The third kappa shape index (κ3) is 4.68. The molecule has 120 valence electrons. The Balaban J connectivity index is 2.14. The van der Waals surface area contributed by atoms with Gasteiger partial charge in [-0.15, -0.1) is 0 Å².